The van der Waals surface area contributed by atoms with Gasteiger partial charge in [-0.05, 0) is 23.8 Å². The quantitative estimate of drug-likeness (QED) is 0.842. The van der Waals surface area contributed by atoms with Crippen LogP contribution in [0.25, 0.3) is 0 Å². The fourth-order valence-electron chi connectivity index (χ4n) is 3.18. The molecule has 0 saturated carbocycles. The van der Waals surface area contributed by atoms with Crippen molar-refractivity contribution in [1.29, 1.82) is 0 Å². The average molecular weight is 348 g/mol. The number of amides is 1. The molecule has 25 heavy (non-hydrogen) atoms. The largest absolute Gasteiger partial charge is 0.480 e. The maximum atomic E-state index is 12.7. The Kier molecular flexibility index (Phi) is 5.15. The second-order valence-corrected chi connectivity index (χ2v) is 7.82. The number of rotatable bonds is 5. The Morgan fingerprint density at radius 1 is 1.28 bits per heavy atom. The summed E-state index contributed by atoms with van der Waals surface area (Å²) in [5, 5.41) is 9.02. The fourth-order valence-corrected chi connectivity index (χ4v) is 3.18. The van der Waals surface area contributed by atoms with Gasteiger partial charge in [0.05, 0.1) is 0 Å². The third kappa shape index (κ3) is 4.35. The van der Waals surface area contributed by atoms with Crippen molar-refractivity contribution in [3.8, 4) is 0 Å². The molecular formula is C18H24N2O5. The van der Waals surface area contributed by atoms with Gasteiger partial charge in [-0.25, -0.2) is 0 Å². The number of carboxylic acid groups (broad SMARTS) is 1. The zero-order valence-corrected chi connectivity index (χ0v) is 15.0. The van der Waals surface area contributed by atoms with Crippen molar-refractivity contribution in [3.63, 3.8) is 0 Å². The van der Waals surface area contributed by atoms with Gasteiger partial charge < -0.3 is 15.0 Å². The van der Waals surface area contributed by atoms with Gasteiger partial charge in [0.15, 0.2) is 5.78 Å². The highest BCUT2D eigenvalue weighted by Crippen LogP contribution is 2.33. The molecule has 0 fully saturated rings. The molecule has 1 aromatic rings. The Balaban J connectivity index is 2.43. The molecule has 7 heteroatoms. The minimum Gasteiger partial charge on any atom is -0.480 e. The number of aromatic amines is 1. The van der Waals surface area contributed by atoms with E-state index in [0.717, 1.165) is 4.90 Å². The minimum absolute atomic E-state index is 0.0439. The first-order valence-electron chi connectivity index (χ1n) is 8.30. The smallest absolute Gasteiger partial charge is 0.323 e. The summed E-state index contributed by atoms with van der Waals surface area (Å²) >= 11 is 0. The zero-order valence-electron chi connectivity index (χ0n) is 15.0. The predicted molar refractivity (Wildman–Crippen MR) is 91.9 cm³/mol. The van der Waals surface area contributed by atoms with Crippen molar-refractivity contribution in [2.24, 2.45) is 11.3 Å². The van der Waals surface area contributed by atoms with Gasteiger partial charge in [-0.2, -0.15) is 0 Å². The summed E-state index contributed by atoms with van der Waals surface area (Å²) in [6, 6.07) is 1.32. The number of carbonyl (C=O) groups excluding carboxylic acids is 2. The Bertz CT molecular complexity index is 776. The number of Topliss-reactive ketones (excluding diaryl/α,β-unsaturated/α-hetero) is 1. The van der Waals surface area contributed by atoms with E-state index in [1.807, 2.05) is 27.7 Å². The van der Waals surface area contributed by atoms with E-state index in [1.54, 1.807) is 0 Å². The Morgan fingerprint density at radius 3 is 2.48 bits per heavy atom. The highest BCUT2D eigenvalue weighted by molar-refractivity contribution is 6.02. The summed E-state index contributed by atoms with van der Waals surface area (Å²) in [5.41, 5.74) is -0.133. The van der Waals surface area contributed by atoms with E-state index >= 15 is 0 Å². The van der Waals surface area contributed by atoms with Crippen LogP contribution in [0.4, 0.5) is 0 Å². The molecule has 0 unspecified atom stereocenters. The van der Waals surface area contributed by atoms with E-state index in [4.69, 9.17) is 5.11 Å². The van der Waals surface area contributed by atoms with E-state index in [9.17, 15) is 19.2 Å². The molecule has 0 spiro atoms. The standard InChI is InChI=1S/C18H24N2O5/c1-10(2)8-20(9-15(22)23)17(25)12-5-11-13(19-16(12)24)6-18(3,4)7-14(11)21/h5,10H,6-9H2,1-4H3,(H,19,24)(H,22,23). The minimum atomic E-state index is -1.15. The number of carboxylic acids is 1. The number of hydrogen-bond donors (Lipinski definition) is 2. The summed E-state index contributed by atoms with van der Waals surface area (Å²) in [6.07, 6.45) is 0.882. The van der Waals surface area contributed by atoms with E-state index in [0.29, 0.717) is 24.1 Å². The average Bonchev–Trinajstić information content (AvgIpc) is 2.42. The van der Waals surface area contributed by atoms with Crippen LogP contribution in [0.2, 0.25) is 0 Å². The van der Waals surface area contributed by atoms with Crippen LogP contribution in [0.1, 0.15) is 60.5 Å². The van der Waals surface area contributed by atoms with Crippen LogP contribution >= 0.6 is 0 Å². The predicted octanol–water partition coefficient (Wildman–Crippen LogP) is 1.71. The number of fused-ring (bicyclic) bond motifs is 1. The lowest BCUT2D eigenvalue weighted by molar-refractivity contribution is -0.137. The van der Waals surface area contributed by atoms with Gasteiger partial charge >= 0.3 is 5.97 Å². The number of ketones is 1. The molecule has 2 N–H and O–H groups in total. The van der Waals surface area contributed by atoms with Crippen LogP contribution in [0, 0.1) is 11.3 Å². The number of nitrogens with zero attached hydrogens (tertiary/aromatic N) is 1. The van der Waals surface area contributed by atoms with Crippen molar-refractivity contribution in [2.45, 2.75) is 40.5 Å². The molecule has 1 amide bonds. The van der Waals surface area contributed by atoms with Crippen LogP contribution < -0.4 is 5.56 Å². The molecule has 0 radical (unpaired) electrons. The molecule has 0 saturated heterocycles. The molecule has 1 aromatic heterocycles. The van der Waals surface area contributed by atoms with Gasteiger partial charge in [0.25, 0.3) is 11.5 Å². The summed E-state index contributed by atoms with van der Waals surface area (Å²) in [7, 11) is 0. The summed E-state index contributed by atoms with van der Waals surface area (Å²) in [5.74, 6) is -1.90. The first-order valence-corrected chi connectivity index (χ1v) is 8.30. The van der Waals surface area contributed by atoms with Gasteiger partial charge in [0, 0.05) is 24.2 Å². The monoisotopic (exact) mass is 348 g/mol. The highest BCUT2D eigenvalue weighted by atomic mass is 16.4. The molecule has 2 rings (SSSR count). The van der Waals surface area contributed by atoms with Crippen LogP contribution in [0.3, 0.4) is 0 Å². The molecular weight excluding hydrogens is 324 g/mol. The van der Waals surface area contributed by atoms with E-state index in [-0.39, 0.29) is 29.2 Å². The number of carbonyl (C=O) groups is 3. The van der Waals surface area contributed by atoms with E-state index < -0.39 is 24.0 Å². The van der Waals surface area contributed by atoms with Crippen LogP contribution in [0.5, 0.6) is 0 Å². The van der Waals surface area contributed by atoms with Gasteiger partial charge in [0.2, 0.25) is 0 Å². The van der Waals surface area contributed by atoms with Crippen molar-refractivity contribution in [1.82, 2.24) is 9.88 Å². The fraction of sp³-hybridized carbons (Fsp3) is 0.556. The normalized spacial score (nSPS) is 15.8. The second-order valence-electron chi connectivity index (χ2n) is 7.82. The van der Waals surface area contributed by atoms with Crippen molar-refractivity contribution < 1.29 is 19.5 Å². The third-order valence-corrected chi connectivity index (χ3v) is 4.15. The van der Waals surface area contributed by atoms with E-state index in [1.165, 1.54) is 6.07 Å². The molecule has 0 aliphatic heterocycles. The topological polar surface area (TPSA) is 108 Å². The number of H-pyrrole nitrogens is 1. The second kappa shape index (κ2) is 6.82. The maximum Gasteiger partial charge on any atom is 0.323 e. The van der Waals surface area contributed by atoms with Gasteiger partial charge in [-0.3, -0.25) is 19.2 Å². The number of aliphatic carboxylic acids is 1. The summed E-state index contributed by atoms with van der Waals surface area (Å²) in [4.78, 5) is 52.2. The van der Waals surface area contributed by atoms with Crippen LogP contribution in [-0.2, 0) is 11.2 Å². The summed E-state index contributed by atoms with van der Waals surface area (Å²) < 4.78 is 0. The highest BCUT2D eigenvalue weighted by Gasteiger charge is 2.33. The Morgan fingerprint density at radius 2 is 1.92 bits per heavy atom. The zero-order chi connectivity index (χ0) is 18.9. The summed E-state index contributed by atoms with van der Waals surface area (Å²) in [6.45, 7) is 7.32. The first-order chi connectivity index (χ1) is 11.5. The molecule has 1 aliphatic carbocycles. The lowest BCUT2D eigenvalue weighted by atomic mass is 9.75. The lowest BCUT2D eigenvalue weighted by Gasteiger charge is -2.30. The number of aromatic nitrogens is 1. The number of nitrogens with one attached hydrogen (secondary N) is 1. The molecule has 0 atom stereocenters. The molecule has 0 bridgehead atoms. The molecule has 0 aromatic carbocycles. The number of pyridine rings is 1. The van der Waals surface area contributed by atoms with Crippen molar-refractivity contribution >= 4 is 17.7 Å². The van der Waals surface area contributed by atoms with Gasteiger partial charge in [-0.15, -0.1) is 0 Å². The van der Waals surface area contributed by atoms with Crippen molar-refractivity contribution in [3.05, 3.63) is 33.2 Å². The maximum absolute atomic E-state index is 12.7. The SMILES string of the molecule is CC(C)CN(CC(=O)O)C(=O)c1cc2c([nH]c1=O)CC(C)(C)CC2=O. The van der Waals surface area contributed by atoms with Crippen LogP contribution in [-0.4, -0.2) is 45.7 Å². The van der Waals surface area contributed by atoms with Gasteiger partial charge in [0.1, 0.15) is 12.1 Å². The Labute approximate surface area is 146 Å². The molecule has 136 valence electrons. The molecule has 1 heterocycles. The van der Waals surface area contributed by atoms with Crippen molar-refractivity contribution in [2.75, 3.05) is 13.1 Å². The first kappa shape index (κ1) is 18.9. The third-order valence-electron chi connectivity index (χ3n) is 4.15. The molecule has 7 nitrogen and oxygen atoms in total. The molecule has 1 aliphatic rings. The van der Waals surface area contributed by atoms with E-state index in [2.05, 4.69) is 4.98 Å². The Hall–Kier alpha value is -2.44. The van der Waals surface area contributed by atoms with Crippen LogP contribution in [0.15, 0.2) is 10.9 Å². The number of hydrogen-bond acceptors (Lipinski definition) is 4. The van der Waals surface area contributed by atoms with Gasteiger partial charge in [-0.1, -0.05) is 27.7 Å². The lowest BCUT2D eigenvalue weighted by Crippen LogP contribution is -2.41.